The van der Waals surface area contributed by atoms with Crippen LogP contribution in [0, 0.1) is 0 Å². The molecule has 0 spiro atoms. The number of hydrogen-bond donors (Lipinski definition) is 2. The van der Waals surface area contributed by atoms with Gasteiger partial charge < -0.3 is 10.4 Å². The monoisotopic (exact) mass is 257 g/mol. The van der Waals surface area contributed by atoms with Crippen LogP contribution >= 0.6 is 0 Å². The van der Waals surface area contributed by atoms with Crippen molar-refractivity contribution in [2.45, 2.75) is 38.5 Å². The van der Waals surface area contributed by atoms with Gasteiger partial charge in [0.1, 0.15) is 6.10 Å². The van der Waals surface area contributed by atoms with Crippen LogP contribution in [0.15, 0.2) is 36.7 Å². The summed E-state index contributed by atoms with van der Waals surface area (Å²) in [5, 5.41) is 18.1. The molecule has 2 atom stereocenters. The zero-order valence-corrected chi connectivity index (χ0v) is 11.1. The lowest BCUT2D eigenvalue weighted by atomic mass is 10.0. The van der Waals surface area contributed by atoms with Gasteiger partial charge in [-0.2, -0.15) is 5.10 Å². The Balaban J connectivity index is 1.73. The van der Waals surface area contributed by atoms with E-state index in [1.165, 1.54) is 5.56 Å². The maximum Gasteiger partial charge on any atom is 0.102 e. The maximum atomic E-state index is 10.5. The van der Waals surface area contributed by atoms with Crippen LogP contribution in [-0.4, -0.2) is 20.9 Å². The number of anilines is 1. The summed E-state index contributed by atoms with van der Waals surface area (Å²) in [6, 6.07) is 8.25. The number of rotatable bonds is 4. The Kier molecular flexibility index (Phi) is 3.25. The third-order valence-corrected chi connectivity index (χ3v) is 3.63. The van der Waals surface area contributed by atoms with Gasteiger partial charge in [-0.15, -0.1) is 0 Å². The molecule has 19 heavy (non-hydrogen) atoms. The van der Waals surface area contributed by atoms with Gasteiger partial charge in [0, 0.05) is 24.0 Å². The predicted octanol–water partition coefficient (Wildman–Crippen LogP) is 2.36. The van der Waals surface area contributed by atoms with Crippen LogP contribution in [0.1, 0.15) is 30.6 Å². The third-order valence-electron chi connectivity index (χ3n) is 3.63. The molecule has 4 nitrogen and oxygen atoms in total. The van der Waals surface area contributed by atoms with E-state index in [1.54, 1.807) is 6.20 Å². The van der Waals surface area contributed by atoms with Crippen LogP contribution in [0.5, 0.6) is 0 Å². The Labute approximate surface area is 113 Å². The number of fused-ring (bicyclic) bond motifs is 1. The van der Waals surface area contributed by atoms with Crippen molar-refractivity contribution in [1.29, 1.82) is 0 Å². The van der Waals surface area contributed by atoms with Crippen molar-refractivity contribution in [3.8, 4) is 0 Å². The van der Waals surface area contributed by atoms with Gasteiger partial charge in [0.25, 0.3) is 0 Å². The molecule has 0 fully saturated rings. The molecular weight excluding hydrogens is 238 g/mol. The predicted molar refractivity (Wildman–Crippen MR) is 75.0 cm³/mol. The lowest BCUT2D eigenvalue weighted by Crippen LogP contribution is -2.24. The second kappa shape index (κ2) is 5.05. The number of para-hydroxylation sites is 1. The molecule has 0 aliphatic carbocycles. The smallest absolute Gasteiger partial charge is 0.102 e. The zero-order chi connectivity index (χ0) is 13.2. The van der Waals surface area contributed by atoms with Crippen molar-refractivity contribution in [2.24, 2.45) is 0 Å². The lowest BCUT2D eigenvalue weighted by molar-refractivity contribution is 0.156. The number of nitrogens with zero attached hydrogens (tertiary/aromatic N) is 2. The number of aliphatic hydroxyl groups is 1. The van der Waals surface area contributed by atoms with Gasteiger partial charge in [0.2, 0.25) is 0 Å². The molecule has 1 aliphatic heterocycles. The van der Waals surface area contributed by atoms with Crippen LogP contribution in [0.2, 0.25) is 0 Å². The van der Waals surface area contributed by atoms with Gasteiger partial charge >= 0.3 is 0 Å². The molecule has 0 radical (unpaired) electrons. The quantitative estimate of drug-likeness (QED) is 0.884. The van der Waals surface area contributed by atoms with Crippen molar-refractivity contribution in [1.82, 2.24) is 9.78 Å². The average molecular weight is 257 g/mol. The van der Waals surface area contributed by atoms with Crippen molar-refractivity contribution >= 4 is 5.69 Å². The van der Waals surface area contributed by atoms with Crippen LogP contribution < -0.4 is 5.32 Å². The van der Waals surface area contributed by atoms with Crippen molar-refractivity contribution in [3.63, 3.8) is 0 Å². The summed E-state index contributed by atoms with van der Waals surface area (Å²) in [5.41, 5.74) is 3.29. The number of hydrogen-bond acceptors (Lipinski definition) is 3. The molecule has 0 amide bonds. The summed E-state index contributed by atoms with van der Waals surface area (Å²) in [5.74, 6) is 0. The maximum absolute atomic E-state index is 10.5. The SMILES string of the molecule is CCCn1cc(C(O)C2Cc3ccccc3N2)cn1. The van der Waals surface area contributed by atoms with E-state index in [1.807, 2.05) is 23.0 Å². The molecule has 0 saturated heterocycles. The molecule has 1 aromatic carbocycles. The van der Waals surface area contributed by atoms with E-state index >= 15 is 0 Å². The second-order valence-electron chi connectivity index (χ2n) is 5.09. The molecule has 0 saturated carbocycles. The van der Waals surface area contributed by atoms with E-state index in [0.29, 0.717) is 0 Å². The fourth-order valence-corrected chi connectivity index (χ4v) is 2.63. The molecule has 2 aromatic rings. The topological polar surface area (TPSA) is 50.1 Å². The van der Waals surface area contributed by atoms with E-state index in [2.05, 4.69) is 29.5 Å². The van der Waals surface area contributed by atoms with Crippen LogP contribution in [0.25, 0.3) is 0 Å². The minimum absolute atomic E-state index is 0.0386. The van der Waals surface area contributed by atoms with E-state index in [-0.39, 0.29) is 6.04 Å². The molecule has 100 valence electrons. The fourth-order valence-electron chi connectivity index (χ4n) is 2.63. The summed E-state index contributed by atoms with van der Waals surface area (Å²) in [6.45, 7) is 3.01. The highest BCUT2D eigenvalue weighted by Gasteiger charge is 2.28. The van der Waals surface area contributed by atoms with E-state index in [9.17, 15) is 5.11 Å². The molecule has 1 aliphatic rings. The largest absolute Gasteiger partial charge is 0.386 e. The highest BCUT2D eigenvalue weighted by atomic mass is 16.3. The first-order valence-corrected chi connectivity index (χ1v) is 6.83. The van der Waals surface area contributed by atoms with Gasteiger partial charge in [0.05, 0.1) is 12.2 Å². The summed E-state index contributed by atoms with van der Waals surface area (Å²) >= 11 is 0. The van der Waals surface area contributed by atoms with Crippen molar-refractivity contribution in [3.05, 3.63) is 47.8 Å². The molecule has 3 rings (SSSR count). The molecule has 2 unspecified atom stereocenters. The number of aryl methyl sites for hydroxylation is 1. The minimum atomic E-state index is -0.516. The standard InChI is InChI=1S/C15H19N3O/c1-2-7-18-10-12(9-16-18)15(19)14-8-11-5-3-4-6-13(11)17-14/h3-6,9-10,14-15,17,19H,2,7-8H2,1H3. The summed E-state index contributed by atoms with van der Waals surface area (Å²) < 4.78 is 1.89. The molecule has 4 heteroatoms. The first kappa shape index (κ1) is 12.2. The number of aromatic nitrogens is 2. The number of nitrogens with one attached hydrogen (secondary N) is 1. The van der Waals surface area contributed by atoms with Crippen LogP contribution in [0.3, 0.4) is 0 Å². The molecule has 1 aromatic heterocycles. The van der Waals surface area contributed by atoms with E-state index < -0.39 is 6.10 Å². The summed E-state index contributed by atoms with van der Waals surface area (Å²) in [6.07, 6.45) is 5.10. The van der Waals surface area contributed by atoms with Crippen molar-refractivity contribution in [2.75, 3.05) is 5.32 Å². The third kappa shape index (κ3) is 2.36. The lowest BCUT2D eigenvalue weighted by Gasteiger charge is -2.17. The highest BCUT2D eigenvalue weighted by Crippen LogP contribution is 2.31. The Bertz CT molecular complexity index is 539. The second-order valence-corrected chi connectivity index (χ2v) is 5.09. The first-order valence-electron chi connectivity index (χ1n) is 6.83. The molecule has 2 N–H and O–H groups in total. The van der Waals surface area contributed by atoms with Crippen molar-refractivity contribution < 1.29 is 5.11 Å². The Morgan fingerprint density at radius 3 is 3.11 bits per heavy atom. The van der Waals surface area contributed by atoms with Gasteiger partial charge in [0.15, 0.2) is 0 Å². The fraction of sp³-hybridized carbons (Fsp3) is 0.400. The first-order chi connectivity index (χ1) is 9.28. The Morgan fingerprint density at radius 1 is 1.47 bits per heavy atom. The van der Waals surface area contributed by atoms with Gasteiger partial charge in [-0.25, -0.2) is 0 Å². The van der Waals surface area contributed by atoms with E-state index in [4.69, 9.17) is 0 Å². The normalized spacial score (nSPS) is 18.9. The Morgan fingerprint density at radius 2 is 2.32 bits per heavy atom. The molecule has 0 bridgehead atoms. The summed E-state index contributed by atoms with van der Waals surface area (Å²) in [4.78, 5) is 0. The van der Waals surface area contributed by atoms with Gasteiger partial charge in [-0.3, -0.25) is 4.68 Å². The highest BCUT2D eigenvalue weighted by molar-refractivity contribution is 5.57. The van der Waals surface area contributed by atoms with Gasteiger partial charge in [-0.1, -0.05) is 25.1 Å². The number of aliphatic hydroxyl groups excluding tert-OH is 1. The molecule has 2 heterocycles. The molecular formula is C15H19N3O. The Hall–Kier alpha value is -1.81. The van der Waals surface area contributed by atoms with Gasteiger partial charge in [-0.05, 0) is 24.5 Å². The van der Waals surface area contributed by atoms with Crippen LogP contribution in [-0.2, 0) is 13.0 Å². The number of benzene rings is 1. The zero-order valence-electron chi connectivity index (χ0n) is 11.1. The van der Waals surface area contributed by atoms with E-state index in [0.717, 1.165) is 30.6 Å². The average Bonchev–Trinajstić information content (AvgIpc) is 3.04. The minimum Gasteiger partial charge on any atom is -0.386 e. The van der Waals surface area contributed by atoms with Crippen LogP contribution in [0.4, 0.5) is 5.69 Å². The summed E-state index contributed by atoms with van der Waals surface area (Å²) in [7, 11) is 0.